The molecule has 0 aliphatic heterocycles. The van der Waals surface area contributed by atoms with Crippen LogP contribution in [0.1, 0.15) is 41.5 Å². The van der Waals surface area contributed by atoms with Crippen molar-refractivity contribution in [2.24, 2.45) is 0 Å². The van der Waals surface area contributed by atoms with Gasteiger partial charge in [0.05, 0.1) is 9.52 Å². The molecule has 1 unspecified atom stereocenters. The van der Waals surface area contributed by atoms with Gasteiger partial charge in [-0.05, 0) is 83.6 Å². The summed E-state index contributed by atoms with van der Waals surface area (Å²) in [6.45, 7) is 33.8. The van der Waals surface area contributed by atoms with Crippen molar-refractivity contribution in [3.63, 3.8) is 0 Å². The lowest BCUT2D eigenvalue weighted by molar-refractivity contribution is 0.115. The molecule has 0 rings (SSSR count). The first-order chi connectivity index (χ1) is 13.3. The molecule has 0 amide bonds. The Hall–Kier alpha value is 0.708. The predicted molar refractivity (Wildman–Crippen MR) is 142 cm³/mol. The maximum Gasteiger partial charge on any atom is 0.189 e. The maximum absolute atomic E-state index is 7.06. The van der Waals surface area contributed by atoms with Gasteiger partial charge in [0.25, 0.3) is 0 Å². The summed E-state index contributed by atoms with van der Waals surface area (Å²) in [5, 5.41) is 0.609. The van der Waals surface area contributed by atoms with Gasteiger partial charge in [0.2, 0.25) is 0 Å². The van der Waals surface area contributed by atoms with E-state index in [1.807, 2.05) is 0 Å². The first-order valence-corrected chi connectivity index (χ1v) is 23.0. The molecule has 0 spiro atoms. The van der Waals surface area contributed by atoms with Gasteiger partial charge in [0.1, 0.15) is 0 Å². The van der Waals surface area contributed by atoms with Crippen LogP contribution in [0.2, 0.25) is 56.5 Å². The van der Waals surface area contributed by atoms with Crippen molar-refractivity contribution in [1.82, 2.24) is 9.80 Å². The fraction of sp³-hybridized carbons (Fsp3) is 1.00. The van der Waals surface area contributed by atoms with Gasteiger partial charge in [-0.3, -0.25) is 9.80 Å². The first kappa shape index (κ1) is 29.7. The first-order valence-electron chi connectivity index (χ1n) is 12.1. The Labute approximate surface area is 189 Å². The second kappa shape index (κ2) is 13.3. The third-order valence-electron chi connectivity index (χ3n) is 6.85. The Morgan fingerprint density at radius 3 is 1.59 bits per heavy atom. The fourth-order valence-electron chi connectivity index (χ4n) is 4.78. The molecular formula is C21H54N2O2Si4. The van der Waals surface area contributed by atoms with Crippen molar-refractivity contribution in [2.75, 3.05) is 32.8 Å². The second-order valence-corrected chi connectivity index (χ2v) is 25.9. The molecule has 4 nitrogen and oxygen atoms in total. The summed E-state index contributed by atoms with van der Waals surface area (Å²) in [4.78, 5) is 5.37. The van der Waals surface area contributed by atoms with E-state index in [0.29, 0.717) is 11.0 Å². The van der Waals surface area contributed by atoms with E-state index in [1.54, 1.807) is 0 Å². The summed E-state index contributed by atoms with van der Waals surface area (Å²) in [5.41, 5.74) is 0. The van der Waals surface area contributed by atoms with Crippen LogP contribution in [0.3, 0.4) is 0 Å². The SMILES string of the molecule is CCO[Si](C)(C)C(C)[Si](C)(C)O[Si](C)(C)CC[SiH2]C(N(CC)CC)N(CC)CC. The standard InChI is InChI=1S/C21H54N2O2Si4/c1-13-22(14-2)21(23(15-3)16-4)26-18-19-27(7,8)25-29(11,12)20(6)28(9,10)24-17-5/h20-21H,13-19,26H2,1-12H3. The quantitative estimate of drug-likeness (QED) is 0.226. The van der Waals surface area contributed by atoms with E-state index in [4.69, 9.17) is 8.54 Å². The van der Waals surface area contributed by atoms with Gasteiger partial charge >= 0.3 is 0 Å². The average Bonchev–Trinajstić information content (AvgIpc) is 2.61. The molecule has 0 bridgehead atoms. The monoisotopic (exact) mass is 478 g/mol. The average molecular weight is 479 g/mol. The van der Waals surface area contributed by atoms with Gasteiger partial charge in [-0.2, -0.15) is 0 Å². The summed E-state index contributed by atoms with van der Waals surface area (Å²) in [7, 11) is -5.31. The zero-order chi connectivity index (χ0) is 22.9. The zero-order valence-corrected chi connectivity index (χ0v) is 26.4. The smallest absolute Gasteiger partial charge is 0.189 e. The van der Waals surface area contributed by atoms with E-state index >= 15 is 0 Å². The van der Waals surface area contributed by atoms with E-state index in [2.05, 4.69) is 90.6 Å². The third-order valence-corrected chi connectivity index (χ3v) is 25.1. The van der Waals surface area contributed by atoms with E-state index in [9.17, 15) is 0 Å². The molecule has 0 saturated carbocycles. The van der Waals surface area contributed by atoms with Gasteiger partial charge in [-0.1, -0.05) is 40.7 Å². The highest BCUT2D eigenvalue weighted by molar-refractivity contribution is 6.95. The zero-order valence-electron chi connectivity index (χ0n) is 22.0. The Bertz CT molecular complexity index is 430. The van der Waals surface area contributed by atoms with Crippen molar-refractivity contribution in [1.29, 1.82) is 0 Å². The van der Waals surface area contributed by atoms with Crippen molar-refractivity contribution < 1.29 is 8.54 Å². The molecule has 0 saturated heterocycles. The van der Waals surface area contributed by atoms with Crippen LogP contribution in [0.15, 0.2) is 0 Å². The molecule has 29 heavy (non-hydrogen) atoms. The Balaban J connectivity index is 5.03. The molecule has 0 aromatic heterocycles. The summed E-state index contributed by atoms with van der Waals surface area (Å²) in [6.07, 6.45) is 0. The van der Waals surface area contributed by atoms with Crippen LogP contribution in [0, 0.1) is 0 Å². The maximum atomic E-state index is 7.06. The van der Waals surface area contributed by atoms with E-state index < -0.39 is 25.0 Å². The molecular weight excluding hydrogens is 425 g/mol. The molecule has 8 heteroatoms. The van der Waals surface area contributed by atoms with Crippen LogP contribution in [0.5, 0.6) is 0 Å². The lowest BCUT2D eigenvalue weighted by Gasteiger charge is -2.43. The molecule has 0 fully saturated rings. The molecule has 0 radical (unpaired) electrons. The van der Waals surface area contributed by atoms with Crippen LogP contribution in [-0.4, -0.2) is 82.8 Å². The number of hydrogen-bond acceptors (Lipinski definition) is 4. The Morgan fingerprint density at radius 1 is 0.759 bits per heavy atom. The van der Waals surface area contributed by atoms with Crippen LogP contribution in [-0.2, 0) is 8.54 Å². The molecule has 0 aromatic rings. The van der Waals surface area contributed by atoms with E-state index in [0.717, 1.165) is 32.8 Å². The summed E-state index contributed by atoms with van der Waals surface area (Å²) in [6, 6.07) is 2.72. The fourth-order valence-corrected chi connectivity index (χ4v) is 26.4. The highest BCUT2D eigenvalue weighted by Crippen LogP contribution is 2.36. The Morgan fingerprint density at radius 2 is 1.21 bits per heavy atom. The van der Waals surface area contributed by atoms with E-state index in [-0.39, 0.29) is 9.52 Å². The summed E-state index contributed by atoms with van der Waals surface area (Å²) < 4.78 is 13.3. The largest absolute Gasteiger partial charge is 0.455 e. The molecule has 0 aromatic carbocycles. The number of nitrogens with zero attached hydrogens (tertiary/aromatic N) is 2. The minimum absolute atomic E-state index is 0.195. The second-order valence-electron chi connectivity index (χ2n) is 10.0. The van der Waals surface area contributed by atoms with Crippen LogP contribution < -0.4 is 0 Å². The normalized spacial score (nSPS) is 15.4. The van der Waals surface area contributed by atoms with Crippen LogP contribution >= 0.6 is 0 Å². The van der Waals surface area contributed by atoms with Crippen molar-refractivity contribution in [2.45, 2.75) is 104 Å². The molecule has 0 aliphatic rings. The highest BCUT2D eigenvalue weighted by atomic mass is 28.5. The molecule has 176 valence electrons. The highest BCUT2D eigenvalue weighted by Gasteiger charge is 2.45. The minimum Gasteiger partial charge on any atom is -0.455 e. The Kier molecular flexibility index (Phi) is 13.6. The van der Waals surface area contributed by atoms with Crippen LogP contribution in [0.25, 0.3) is 0 Å². The number of hydrogen-bond donors (Lipinski definition) is 0. The molecule has 1 atom stereocenters. The lowest BCUT2D eigenvalue weighted by atomic mass is 10.5. The van der Waals surface area contributed by atoms with Gasteiger partial charge < -0.3 is 8.54 Å². The van der Waals surface area contributed by atoms with Gasteiger partial charge in [0.15, 0.2) is 25.0 Å². The molecule has 0 aliphatic carbocycles. The minimum atomic E-state index is -1.77. The predicted octanol–water partition coefficient (Wildman–Crippen LogP) is 5.14. The summed E-state index contributed by atoms with van der Waals surface area (Å²) >= 11 is 0. The van der Waals surface area contributed by atoms with Crippen molar-refractivity contribution in [3.8, 4) is 0 Å². The molecule has 0 heterocycles. The van der Waals surface area contributed by atoms with Gasteiger partial charge in [-0.25, -0.2) is 0 Å². The number of rotatable bonds is 16. The van der Waals surface area contributed by atoms with Gasteiger partial charge in [0, 0.05) is 12.4 Å². The van der Waals surface area contributed by atoms with Crippen molar-refractivity contribution >= 4 is 34.5 Å². The molecule has 0 N–H and O–H groups in total. The van der Waals surface area contributed by atoms with Gasteiger partial charge in [-0.15, -0.1) is 0 Å². The lowest BCUT2D eigenvalue weighted by Crippen LogP contribution is -2.55. The third kappa shape index (κ3) is 9.80. The van der Waals surface area contributed by atoms with Crippen LogP contribution in [0.4, 0.5) is 0 Å². The topological polar surface area (TPSA) is 24.9 Å². The van der Waals surface area contributed by atoms with Crippen molar-refractivity contribution in [3.05, 3.63) is 0 Å². The summed E-state index contributed by atoms with van der Waals surface area (Å²) in [5.74, 6) is 0.707. The van der Waals surface area contributed by atoms with E-state index in [1.165, 1.54) is 12.1 Å².